The summed E-state index contributed by atoms with van der Waals surface area (Å²) < 4.78 is 11.2. The van der Waals surface area contributed by atoms with Crippen molar-refractivity contribution in [1.82, 2.24) is 0 Å². The average molecular weight is 639 g/mol. The highest BCUT2D eigenvalue weighted by Gasteiger charge is 2.31. The van der Waals surface area contributed by atoms with Crippen molar-refractivity contribution in [3.8, 4) is 0 Å². The molecule has 0 radical (unpaired) electrons. The van der Waals surface area contributed by atoms with Gasteiger partial charge in [0.1, 0.15) is 13.2 Å². The zero-order valence-electron chi connectivity index (χ0n) is 29.5. The number of ether oxygens (including phenoxy) is 2. The van der Waals surface area contributed by atoms with Gasteiger partial charge in [-0.15, -0.1) is 0 Å². The molecular weight excluding hydrogens is 576 g/mol. The average Bonchev–Trinajstić information content (AvgIpc) is 3.00. The molecule has 2 fully saturated rings. The lowest BCUT2D eigenvalue weighted by atomic mass is 9.68. The topological polar surface area (TPSA) is 93.1 Å². The number of hydrogen-bond donors (Lipinski definition) is 2. The Kier molecular flexibility index (Phi) is 14.6. The fourth-order valence-corrected chi connectivity index (χ4v) is 7.58. The molecule has 0 amide bonds. The van der Waals surface area contributed by atoms with Crippen LogP contribution in [0.4, 0.5) is 0 Å². The van der Waals surface area contributed by atoms with E-state index in [1.54, 1.807) is 27.7 Å². The van der Waals surface area contributed by atoms with Crippen molar-refractivity contribution >= 4 is 11.9 Å². The molecular formula is C40H62O6. The number of aliphatic hydroxyl groups is 2. The Labute approximate surface area is 279 Å². The Bertz CT molecular complexity index is 1080. The number of carbonyl (C=O) groups is 2. The first-order chi connectivity index (χ1) is 21.6. The maximum atomic E-state index is 12.6. The van der Waals surface area contributed by atoms with Crippen LogP contribution in [0.25, 0.3) is 0 Å². The number of rotatable bonds is 17. The predicted octanol–water partition coefficient (Wildman–Crippen LogP) is 8.95. The van der Waals surface area contributed by atoms with Crippen LogP contribution in [0.1, 0.15) is 147 Å². The first-order valence-corrected chi connectivity index (χ1v) is 17.9. The molecule has 0 unspecified atom stereocenters. The van der Waals surface area contributed by atoms with Gasteiger partial charge in [-0.25, -0.2) is 9.59 Å². The van der Waals surface area contributed by atoms with E-state index < -0.39 is 23.1 Å². The monoisotopic (exact) mass is 638 g/mol. The van der Waals surface area contributed by atoms with Crippen LogP contribution in [0.5, 0.6) is 0 Å². The number of esters is 2. The Hall–Kier alpha value is -2.44. The molecule has 258 valence electrons. The van der Waals surface area contributed by atoms with E-state index in [9.17, 15) is 19.8 Å². The lowest BCUT2D eigenvalue weighted by molar-refractivity contribution is -0.143. The summed E-state index contributed by atoms with van der Waals surface area (Å²) in [5.74, 6) is 1.76. The highest BCUT2D eigenvalue weighted by molar-refractivity contribution is 5.88. The maximum absolute atomic E-state index is 12.6. The van der Waals surface area contributed by atoms with Crippen LogP contribution in [0, 0.1) is 17.8 Å². The number of hydrogen-bond acceptors (Lipinski definition) is 6. The molecule has 6 nitrogen and oxygen atoms in total. The quantitative estimate of drug-likeness (QED) is 0.101. The van der Waals surface area contributed by atoms with E-state index in [2.05, 4.69) is 44.3 Å². The van der Waals surface area contributed by atoms with Gasteiger partial charge in [-0.3, -0.25) is 0 Å². The van der Waals surface area contributed by atoms with Gasteiger partial charge in [0.05, 0.1) is 17.1 Å². The van der Waals surface area contributed by atoms with Gasteiger partial charge in [0.2, 0.25) is 0 Å². The van der Waals surface area contributed by atoms with E-state index in [-0.39, 0.29) is 43.1 Å². The van der Waals surface area contributed by atoms with Crippen molar-refractivity contribution in [3.05, 3.63) is 59.7 Å². The van der Waals surface area contributed by atoms with E-state index in [0.29, 0.717) is 5.92 Å². The summed E-state index contributed by atoms with van der Waals surface area (Å²) in [5, 5.41) is 20.1. The molecule has 2 N–H and O–H groups in total. The van der Waals surface area contributed by atoms with Crippen LogP contribution in [0.15, 0.2) is 48.6 Å². The standard InChI is InChI=1S/C40H62O6/c1-8-9-10-11-30-12-14-31(15-13-30)32-16-18-33(19-17-32)34-20-22-35(23-21-34)36(26-45-37(41)28(2)24-39(4,5)43)27-46-38(42)29(3)25-40(6,7)44/h20-23,30-33,36,43-44H,2-3,8-19,24-27H2,1,4-7H3. The normalized spacial score (nSPS) is 22.3. The molecule has 2 saturated carbocycles. The van der Waals surface area contributed by atoms with Gasteiger partial charge in [0.15, 0.2) is 0 Å². The van der Waals surface area contributed by atoms with E-state index in [1.807, 2.05) is 0 Å². The van der Waals surface area contributed by atoms with Crippen molar-refractivity contribution in [1.29, 1.82) is 0 Å². The Morgan fingerprint density at radius 3 is 1.65 bits per heavy atom. The summed E-state index contributed by atoms with van der Waals surface area (Å²) in [6.45, 7) is 16.3. The first kappa shape index (κ1) is 38.0. The van der Waals surface area contributed by atoms with Gasteiger partial charge in [-0.2, -0.15) is 0 Å². The molecule has 0 spiro atoms. The van der Waals surface area contributed by atoms with Crippen molar-refractivity contribution in [2.24, 2.45) is 17.8 Å². The molecule has 0 saturated heterocycles. The molecule has 0 aliphatic heterocycles. The molecule has 6 heteroatoms. The van der Waals surface area contributed by atoms with E-state index in [0.717, 1.165) is 23.3 Å². The van der Waals surface area contributed by atoms with E-state index >= 15 is 0 Å². The van der Waals surface area contributed by atoms with Crippen molar-refractivity contribution < 1.29 is 29.3 Å². The second-order valence-corrected chi connectivity index (χ2v) is 15.6. The number of unbranched alkanes of at least 4 members (excludes halogenated alkanes) is 2. The molecule has 0 aromatic heterocycles. The summed E-state index contributed by atoms with van der Waals surface area (Å²) in [4.78, 5) is 25.3. The van der Waals surface area contributed by atoms with E-state index in [1.165, 1.54) is 82.6 Å². The third kappa shape index (κ3) is 13.0. The minimum Gasteiger partial charge on any atom is -0.462 e. The summed E-state index contributed by atoms with van der Waals surface area (Å²) in [5.41, 5.74) is 0.477. The van der Waals surface area contributed by atoms with Gasteiger partial charge in [0.25, 0.3) is 0 Å². The minimum atomic E-state index is -1.08. The summed E-state index contributed by atoms with van der Waals surface area (Å²) >= 11 is 0. The zero-order chi connectivity index (χ0) is 33.9. The largest absolute Gasteiger partial charge is 0.462 e. The van der Waals surface area contributed by atoms with Crippen molar-refractivity contribution in [2.75, 3.05) is 13.2 Å². The smallest absolute Gasteiger partial charge is 0.333 e. The first-order valence-electron chi connectivity index (χ1n) is 17.9. The van der Waals surface area contributed by atoms with Gasteiger partial charge >= 0.3 is 11.9 Å². The molecule has 0 bridgehead atoms. The molecule has 0 atom stereocenters. The fraction of sp³-hybridized carbons (Fsp3) is 0.700. The maximum Gasteiger partial charge on any atom is 0.333 e. The lowest BCUT2D eigenvalue weighted by Crippen LogP contribution is -2.26. The van der Waals surface area contributed by atoms with Gasteiger partial charge < -0.3 is 19.7 Å². The second-order valence-electron chi connectivity index (χ2n) is 15.6. The lowest BCUT2D eigenvalue weighted by Gasteiger charge is -2.38. The molecule has 0 heterocycles. The molecule has 2 aliphatic rings. The van der Waals surface area contributed by atoms with Gasteiger partial charge in [0, 0.05) is 24.0 Å². The van der Waals surface area contributed by atoms with Crippen LogP contribution in [0.3, 0.4) is 0 Å². The van der Waals surface area contributed by atoms with Crippen molar-refractivity contribution in [2.45, 2.75) is 148 Å². The molecule has 1 aromatic rings. The molecule has 3 rings (SSSR count). The molecule has 1 aromatic carbocycles. The van der Waals surface area contributed by atoms with Crippen LogP contribution >= 0.6 is 0 Å². The summed E-state index contributed by atoms with van der Waals surface area (Å²) in [6, 6.07) is 8.48. The minimum absolute atomic E-state index is 0.000262. The third-order valence-corrected chi connectivity index (χ3v) is 10.1. The van der Waals surface area contributed by atoms with Gasteiger partial charge in [-0.1, -0.05) is 82.9 Å². The molecule has 46 heavy (non-hydrogen) atoms. The van der Waals surface area contributed by atoms with Crippen LogP contribution < -0.4 is 0 Å². The highest BCUT2D eigenvalue weighted by Crippen LogP contribution is 2.44. The summed E-state index contributed by atoms with van der Waals surface area (Å²) in [7, 11) is 0. The van der Waals surface area contributed by atoms with E-state index in [4.69, 9.17) is 9.47 Å². The second kappa shape index (κ2) is 17.6. The van der Waals surface area contributed by atoms with Crippen LogP contribution in [0.2, 0.25) is 0 Å². The Balaban J connectivity index is 1.57. The molecule has 2 aliphatic carbocycles. The van der Waals surface area contributed by atoms with Crippen LogP contribution in [-0.4, -0.2) is 46.6 Å². The predicted molar refractivity (Wildman–Crippen MR) is 185 cm³/mol. The fourth-order valence-electron chi connectivity index (χ4n) is 7.58. The third-order valence-electron chi connectivity index (χ3n) is 10.1. The van der Waals surface area contributed by atoms with Crippen LogP contribution in [-0.2, 0) is 19.1 Å². The zero-order valence-corrected chi connectivity index (χ0v) is 29.5. The number of carbonyl (C=O) groups excluding carboxylic acids is 2. The van der Waals surface area contributed by atoms with Crippen molar-refractivity contribution in [3.63, 3.8) is 0 Å². The Morgan fingerprint density at radius 1 is 0.761 bits per heavy atom. The SMILES string of the molecule is C=C(CC(C)(C)O)C(=O)OCC(COC(=O)C(=C)CC(C)(C)O)c1ccc(C2CCC(C3CCC(CCCCC)CC3)CC2)cc1. The Morgan fingerprint density at radius 2 is 1.22 bits per heavy atom. The summed E-state index contributed by atoms with van der Waals surface area (Å²) in [6.07, 6.45) is 16.5. The van der Waals surface area contributed by atoms with Gasteiger partial charge in [-0.05, 0) is 101 Å². The number of benzene rings is 1. The highest BCUT2D eigenvalue weighted by atomic mass is 16.5.